The van der Waals surface area contributed by atoms with E-state index in [9.17, 15) is 13.2 Å². The largest absolute Gasteiger partial charge is 0.433 e. The van der Waals surface area contributed by atoms with Crippen molar-refractivity contribution in [3.8, 4) is 12.3 Å². The smallest absolute Gasteiger partial charge is 0.229 e. The Morgan fingerprint density at radius 1 is 1.38 bits per heavy atom. The van der Waals surface area contributed by atoms with E-state index in [2.05, 4.69) is 9.97 Å². The molecule has 0 aromatic carbocycles. The van der Waals surface area contributed by atoms with Gasteiger partial charge in [0.1, 0.15) is 17.2 Å². The molecule has 0 amide bonds. The molecule has 0 bridgehead atoms. The van der Waals surface area contributed by atoms with Gasteiger partial charge in [0.2, 0.25) is 0 Å². The molecule has 1 aromatic heterocycles. The van der Waals surface area contributed by atoms with Crippen LogP contribution in [0.1, 0.15) is 17.2 Å². The van der Waals surface area contributed by atoms with Crippen molar-refractivity contribution in [1.29, 1.82) is 0 Å². The molecule has 1 aromatic rings. The minimum absolute atomic E-state index is 0.0165. The van der Waals surface area contributed by atoms with Crippen molar-refractivity contribution in [3.63, 3.8) is 0 Å². The molecule has 0 saturated carbocycles. The van der Waals surface area contributed by atoms with Crippen molar-refractivity contribution in [2.24, 2.45) is 0 Å². The van der Waals surface area contributed by atoms with Gasteiger partial charge in [-0.05, 0) is 6.92 Å². The number of hydrogen-bond acceptors (Lipinski definition) is 2. The average molecular weight is 186 g/mol. The van der Waals surface area contributed by atoms with E-state index < -0.39 is 11.9 Å². The van der Waals surface area contributed by atoms with Gasteiger partial charge in [-0.3, -0.25) is 0 Å². The molecule has 5 heteroatoms. The fourth-order valence-electron chi connectivity index (χ4n) is 0.787. The predicted molar refractivity (Wildman–Crippen MR) is 39.7 cm³/mol. The van der Waals surface area contributed by atoms with E-state index in [4.69, 9.17) is 6.42 Å². The highest BCUT2D eigenvalue weighted by atomic mass is 19.4. The Morgan fingerprint density at radius 3 is 2.46 bits per heavy atom. The first-order chi connectivity index (χ1) is 5.93. The van der Waals surface area contributed by atoms with E-state index in [1.54, 1.807) is 0 Å². The lowest BCUT2D eigenvalue weighted by Crippen LogP contribution is -2.10. The molecule has 0 aliphatic heterocycles. The van der Waals surface area contributed by atoms with Crippen LogP contribution in [0.25, 0.3) is 0 Å². The number of aryl methyl sites for hydroxylation is 1. The zero-order valence-corrected chi connectivity index (χ0v) is 6.68. The molecular formula is C8H5F3N2. The minimum atomic E-state index is -4.47. The third kappa shape index (κ3) is 2.18. The monoisotopic (exact) mass is 186 g/mol. The summed E-state index contributed by atoms with van der Waals surface area (Å²) in [5, 5.41) is 0. The number of aromatic nitrogens is 2. The lowest BCUT2D eigenvalue weighted by molar-refractivity contribution is -0.141. The molecule has 2 nitrogen and oxygen atoms in total. The average Bonchev–Trinajstić information content (AvgIpc) is 2.01. The van der Waals surface area contributed by atoms with Crippen LogP contribution in [0.2, 0.25) is 0 Å². The Hall–Kier alpha value is -1.57. The molecule has 0 atom stereocenters. The van der Waals surface area contributed by atoms with Crippen LogP contribution >= 0.6 is 0 Å². The molecule has 0 spiro atoms. The van der Waals surface area contributed by atoms with E-state index >= 15 is 0 Å². The van der Waals surface area contributed by atoms with Crippen LogP contribution in [0.15, 0.2) is 6.07 Å². The molecule has 0 aliphatic rings. The maximum absolute atomic E-state index is 12.1. The fraction of sp³-hybridized carbons (Fsp3) is 0.250. The van der Waals surface area contributed by atoms with Crippen LogP contribution in [0, 0.1) is 19.3 Å². The molecule has 1 rings (SSSR count). The van der Waals surface area contributed by atoms with Crippen LogP contribution in [-0.4, -0.2) is 9.97 Å². The SMILES string of the molecule is C#Cc1cc(C(F)(F)F)nc(C)n1. The summed E-state index contributed by atoms with van der Waals surface area (Å²) in [7, 11) is 0. The highest BCUT2D eigenvalue weighted by Crippen LogP contribution is 2.27. The van der Waals surface area contributed by atoms with Gasteiger partial charge in [-0.15, -0.1) is 6.42 Å². The van der Waals surface area contributed by atoms with Crippen molar-refractivity contribution in [2.75, 3.05) is 0 Å². The van der Waals surface area contributed by atoms with Gasteiger partial charge in [-0.25, -0.2) is 9.97 Å². The van der Waals surface area contributed by atoms with Gasteiger partial charge < -0.3 is 0 Å². The quantitative estimate of drug-likeness (QED) is 0.577. The number of rotatable bonds is 0. The zero-order chi connectivity index (χ0) is 10.1. The summed E-state index contributed by atoms with van der Waals surface area (Å²) in [4.78, 5) is 6.84. The Morgan fingerprint density at radius 2 is 2.00 bits per heavy atom. The maximum atomic E-state index is 12.1. The summed E-state index contributed by atoms with van der Waals surface area (Å²) in [5.41, 5.74) is -1.06. The van der Waals surface area contributed by atoms with Crippen molar-refractivity contribution < 1.29 is 13.2 Å². The van der Waals surface area contributed by atoms with E-state index in [1.165, 1.54) is 6.92 Å². The molecule has 0 radical (unpaired) electrons. The van der Waals surface area contributed by atoms with Crippen LogP contribution in [0.5, 0.6) is 0 Å². The highest BCUT2D eigenvalue weighted by Gasteiger charge is 2.33. The third-order valence-electron chi connectivity index (χ3n) is 1.28. The summed E-state index contributed by atoms with van der Waals surface area (Å²) < 4.78 is 36.4. The van der Waals surface area contributed by atoms with E-state index in [0.717, 1.165) is 6.07 Å². The van der Waals surface area contributed by atoms with Crippen molar-refractivity contribution in [3.05, 3.63) is 23.3 Å². The first-order valence-corrected chi connectivity index (χ1v) is 3.33. The lowest BCUT2D eigenvalue weighted by atomic mass is 10.3. The van der Waals surface area contributed by atoms with Gasteiger partial charge in [-0.1, -0.05) is 5.92 Å². The predicted octanol–water partition coefficient (Wildman–Crippen LogP) is 1.79. The van der Waals surface area contributed by atoms with E-state index in [-0.39, 0.29) is 11.5 Å². The normalized spacial score (nSPS) is 11.0. The molecule has 0 N–H and O–H groups in total. The first-order valence-electron chi connectivity index (χ1n) is 3.33. The number of hydrogen-bond donors (Lipinski definition) is 0. The molecule has 0 aliphatic carbocycles. The third-order valence-corrected chi connectivity index (χ3v) is 1.28. The number of terminal acetylenes is 1. The van der Waals surface area contributed by atoms with Gasteiger partial charge >= 0.3 is 6.18 Å². The molecule has 1 heterocycles. The van der Waals surface area contributed by atoms with Crippen molar-refractivity contribution in [2.45, 2.75) is 13.1 Å². The Balaban J connectivity index is 3.26. The van der Waals surface area contributed by atoms with Crippen LogP contribution in [0.3, 0.4) is 0 Å². The highest BCUT2D eigenvalue weighted by molar-refractivity contribution is 5.27. The number of alkyl halides is 3. The van der Waals surface area contributed by atoms with Gasteiger partial charge in [0.15, 0.2) is 0 Å². The summed E-state index contributed by atoms with van der Waals surface area (Å²) in [6.07, 6.45) is 0.450. The van der Waals surface area contributed by atoms with Gasteiger partial charge in [0.25, 0.3) is 0 Å². The molecule has 0 saturated heterocycles. The summed E-state index contributed by atoms with van der Waals surface area (Å²) in [6.45, 7) is 1.36. The van der Waals surface area contributed by atoms with Crippen molar-refractivity contribution in [1.82, 2.24) is 9.97 Å². The van der Waals surface area contributed by atoms with Crippen LogP contribution in [-0.2, 0) is 6.18 Å². The zero-order valence-electron chi connectivity index (χ0n) is 6.68. The van der Waals surface area contributed by atoms with E-state index in [1.807, 2.05) is 5.92 Å². The summed E-state index contributed by atoms with van der Waals surface area (Å²) in [5.74, 6) is 2.05. The topological polar surface area (TPSA) is 25.8 Å². The van der Waals surface area contributed by atoms with Crippen LogP contribution in [0.4, 0.5) is 13.2 Å². The van der Waals surface area contributed by atoms with Gasteiger partial charge in [-0.2, -0.15) is 13.2 Å². The van der Waals surface area contributed by atoms with Gasteiger partial charge in [0, 0.05) is 6.07 Å². The number of halogens is 3. The van der Waals surface area contributed by atoms with Crippen LogP contribution < -0.4 is 0 Å². The maximum Gasteiger partial charge on any atom is 0.433 e. The Kier molecular flexibility index (Phi) is 2.24. The number of nitrogens with zero attached hydrogens (tertiary/aromatic N) is 2. The molecule has 13 heavy (non-hydrogen) atoms. The van der Waals surface area contributed by atoms with Crippen molar-refractivity contribution >= 4 is 0 Å². The standard InChI is InChI=1S/C8H5F3N2/c1-3-6-4-7(8(9,10)11)13-5(2)12-6/h1,4H,2H3. The fourth-order valence-corrected chi connectivity index (χ4v) is 0.787. The summed E-state index contributed by atoms with van der Waals surface area (Å²) >= 11 is 0. The second-order valence-electron chi connectivity index (χ2n) is 2.33. The lowest BCUT2D eigenvalue weighted by Gasteiger charge is -2.05. The van der Waals surface area contributed by atoms with Gasteiger partial charge in [0.05, 0.1) is 0 Å². The first kappa shape index (κ1) is 9.52. The molecule has 68 valence electrons. The second-order valence-corrected chi connectivity index (χ2v) is 2.33. The Labute approximate surface area is 72.8 Å². The molecular weight excluding hydrogens is 181 g/mol. The van der Waals surface area contributed by atoms with E-state index in [0.29, 0.717) is 0 Å². The Bertz CT molecular complexity index is 363. The molecule has 0 fully saturated rings. The molecule has 0 unspecified atom stereocenters. The summed E-state index contributed by atoms with van der Waals surface area (Å²) in [6, 6.07) is 0.743. The second kappa shape index (κ2) is 3.05. The minimum Gasteiger partial charge on any atom is -0.229 e.